The molecular weight excluding hydrogens is 474 g/mol. The molecule has 0 spiro atoms. The van der Waals surface area contributed by atoms with Crippen LogP contribution in [0.15, 0.2) is 102 Å². The Balaban J connectivity index is 1.22. The molecule has 36 heavy (non-hydrogen) atoms. The van der Waals surface area contributed by atoms with E-state index in [1.807, 2.05) is 66.7 Å². The van der Waals surface area contributed by atoms with Crippen molar-refractivity contribution in [1.82, 2.24) is 4.90 Å². The predicted molar refractivity (Wildman–Crippen MR) is 140 cm³/mol. The molecular formula is C29H21NO5S. The smallest absolute Gasteiger partial charge is 0.344 e. The van der Waals surface area contributed by atoms with Gasteiger partial charge in [-0.1, -0.05) is 66.7 Å². The minimum Gasteiger partial charge on any atom is -0.492 e. The zero-order valence-corrected chi connectivity index (χ0v) is 19.9. The maximum atomic E-state index is 12.7. The molecule has 0 aliphatic carbocycles. The van der Waals surface area contributed by atoms with Gasteiger partial charge in [-0.3, -0.25) is 14.5 Å². The van der Waals surface area contributed by atoms with Crippen molar-refractivity contribution in [3.8, 4) is 11.5 Å². The van der Waals surface area contributed by atoms with Crippen LogP contribution in [0.2, 0.25) is 0 Å². The maximum absolute atomic E-state index is 12.7. The Kier molecular flexibility index (Phi) is 6.82. The van der Waals surface area contributed by atoms with Crippen LogP contribution >= 0.6 is 11.8 Å². The summed E-state index contributed by atoms with van der Waals surface area (Å²) in [5, 5.41) is 1.46. The van der Waals surface area contributed by atoms with Gasteiger partial charge in [0, 0.05) is 0 Å². The number of nitrogens with zero attached hydrogens (tertiary/aromatic N) is 1. The number of hydrogen-bond acceptors (Lipinski definition) is 6. The molecule has 2 amide bonds. The summed E-state index contributed by atoms with van der Waals surface area (Å²) < 4.78 is 11.2. The second kappa shape index (κ2) is 10.5. The van der Waals surface area contributed by atoms with Gasteiger partial charge in [-0.25, -0.2) is 4.79 Å². The van der Waals surface area contributed by atoms with E-state index in [2.05, 4.69) is 0 Å². The molecule has 1 fully saturated rings. The van der Waals surface area contributed by atoms with E-state index < -0.39 is 5.97 Å². The zero-order valence-electron chi connectivity index (χ0n) is 19.1. The van der Waals surface area contributed by atoms with Crippen LogP contribution in [-0.4, -0.2) is 35.2 Å². The highest BCUT2D eigenvalue weighted by Crippen LogP contribution is 2.32. The van der Waals surface area contributed by atoms with Gasteiger partial charge in [0.1, 0.15) is 18.1 Å². The van der Waals surface area contributed by atoms with Crippen LogP contribution in [0, 0.1) is 0 Å². The summed E-state index contributed by atoms with van der Waals surface area (Å²) in [6.07, 6.45) is 1.65. The normalized spacial score (nSPS) is 14.4. The predicted octanol–water partition coefficient (Wildman–Crippen LogP) is 6.17. The molecule has 0 saturated carbocycles. The van der Waals surface area contributed by atoms with Gasteiger partial charge in [0.15, 0.2) is 0 Å². The molecule has 1 aliphatic rings. The molecule has 7 heteroatoms. The Labute approximate surface area is 212 Å². The number of ether oxygens (including phenoxy) is 2. The minimum absolute atomic E-state index is 0.167. The SMILES string of the molecule is O=C(Oc1ccc(/C=C2\SC(=O)N(CCOc3ccccc3)C2=O)cc1)c1cccc2ccccc12. The van der Waals surface area contributed by atoms with Crippen LogP contribution in [0.1, 0.15) is 15.9 Å². The summed E-state index contributed by atoms with van der Waals surface area (Å²) in [5.74, 6) is 0.268. The second-order valence-corrected chi connectivity index (χ2v) is 8.97. The highest BCUT2D eigenvalue weighted by Gasteiger charge is 2.34. The number of esters is 1. The number of carbonyl (C=O) groups excluding carboxylic acids is 3. The Bertz CT molecular complexity index is 1460. The maximum Gasteiger partial charge on any atom is 0.344 e. The standard InChI is InChI=1S/C29H21NO5S/c31-27-26(36-29(33)30(27)17-18-34-22-9-2-1-3-10-22)19-20-13-15-23(16-14-20)35-28(32)25-12-6-8-21-7-4-5-11-24(21)25/h1-16,19H,17-18H2/b26-19-. The van der Waals surface area contributed by atoms with Gasteiger partial charge in [-0.15, -0.1) is 0 Å². The van der Waals surface area contributed by atoms with Gasteiger partial charge in [-0.2, -0.15) is 0 Å². The zero-order chi connectivity index (χ0) is 24.9. The lowest BCUT2D eigenvalue weighted by molar-refractivity contribution is -0.123. The van der Waals surface area contributed by atoms with Crippen LogP contribution < -0.4 is 9.47 Å². The first-order chi connectivity index (χ1) is 17.6. The van der Waals surface area contributed by atoms with Gasteiger partial charge >= 0.3 is 5.97 Å². The number of hydrogen-bond donors (Lipinski definition) is 0. The monoisotopic (exact) mass is 495 g/mol. The molecule has 1 saturated heterocycles. The average molecular weight is 496 g/mol. The Morgan fingerprint density at radius 2 is 1.53 bits per heavy atom. The summed E-state index contributed by atoms with van der Waals surface area (Å²) >= 11 is 0.894. The van der Waals surface area contributed by atoms with E-state index in [1.165, 1.54) is 4.90 Å². The molecule has 0 aromatic heterocycles. The van der Waals surface area contributed by atoms with E-state index in [1.54, 1.807) is 36.4 Å². The fourth-order valence-electron chi connectivity index (χ4n) is 3.81. The first-order valence-corrected chi connectivity index (χ1v) is 12.1. The molecule has 0 bridgehead atoms. The topological polar surface area (TPSA) is 72.9 Å². The van der Waals surface area contributed by atoms with E-state index in [-0.39, 0.29) is 24.3 Å². The van der Waals surface area contributed by atoms with Crippen molar-refractivity contribution < 1.29 is 23.9 Å². The molecule has 5 rings (SSSR count). The summed E-state index contributed by atoms with van der Waals surface area (Å²) in [4.78, 5) is 39.3. The molecule has 1 heterocycles. The van der Waals surface area contributed by atoms with E-state index in [9.17, 15) is 14.4 Å². The first-order valence-electron chi connectivity index (χ1n) is 11.3. The van der Waals surface area contributed by atoms with E-state index >= 15 is 0 Å². The Morgan fingerprint density at radius 1 is 0.806 bits per heavy atom. The number of amides is 2. The fraction of sp³-hybridized carbons (Fsp3) is 0.0690. The minimum atomic E-state index is -0.446. The van der Waals surface area contributed by atoms with Crippen molar-refractivity contribution in [2.45, 2.75) is 0 Å². The van der Waals surface area contributed by atoms with Crippen LogP contribution in [-0.2, 0) is 4.79 Å². The number of carbonyl (C=O) groups is 3. The number of fused-ring (bicyclic) bond motifs is 1. The van der Waals surface area contributed by atoms with Crippen molar-refractivity contribution in [2.75, 3.05) is 13.2 Å². The molecule has 0 atom stereocenters. The number of benzene rings is 4. The van der Waals surface area contributed by atoms with Gasteiger partial charge in [-0.05, 0) is 64.5 Å². The van der Waals surface area contributed by atoms with Crippen molar-refractivity contribution in [3.05, 3.63) is 113 Å². The summed E-state index contributed by atoms with van der Waals surface area (Å²) in [6, 6.07) is 29.1. The van der Waals surface area contributed by atoms with Crippen molar-refractivity contribution >= 4 is 45.7 Å². The van der Waals surface area contributed by atoms with Gasteiger partial charge in [0.25, 0.3) is 11.1 Å². The lowest BCUT2D eigenvalue weighted by Crippen LogP contribution is -2.32. The number of para-hydroxylation sites is 1. The van der Waals surface area contributed by atoms with Crippen LogP contribution in [0.25, 0.3) is 16.8 Å². The summed E-state index contributed by atoms with van der Waals surface area (Å²) in [5.41, 5.74) is 1.20. The molecule has 4 aromatic carbocycles. The van der Waals surface area contributed by atoms with Crippen LogP contribution in [0.3, 0.4) is 0 Å². The molecule has 1 aliphatic heterocycles. The van der Waals surface area contributed by atoms with Gasteiger partial charge in [0.2, 0.25) is 0 Å². The Morgan fingerprint density at radius 3 is 2.33 bits per heavy atom. The van der Waals surface area contributed by atoms with Crippen LogP contribution in [0.5, 0.6) is 11.5 Å². The van der Waals surface area contributed by atoms with Gasteiger partial charge in [0.05, 0.1) is 17.0 Å². The third-order valence-corrected chi connectivity index (χ3v) is 6.51. The highest BCUT2D eigenvalue weighted by molar-refractivity contribution is 8.18. The molecule has 178 valence electrons. The van der Waals surface area contributed by atoms with Crippen molar-refractivity contribution in [1.29, 1.82) is 0 Å². The fourth-order valence-corrected chi connectivity index (χ4v) is 4.68. The number of rotatable bonds is 7. The lowest BCUT2D eigenvalue weighted by atomic mass is 10.0. The molecule has 0 N–H and O–H groups in total. The number of imide groups is 1. The third-order valence-electron chi connectivity index (χ3n) is 5.60. The van der Waals surface area contributed by atoms with Crippen LogP contribution in [0.4, 0.5) is 4.79 Å². The van der Waals surface area contributed by atoms with E-state index in [0.29, 0.717) is 27.5 Å². The molecule has 6 nitrogen and oxygen atoms in total. The molecule has 0 unspecified atom stereocenters. The van der Waals surface area contributed by atoms with Gasteiger partial charge < -0.3 is 9.47 Å². The van der Waals surface area contributed by atoms with E-state index in [4.69, 9.17) is 9.47 Å². The summed E-state index contributed by atoms with van der Waals surface area (Å²) in [7, 11) is 0. The first kappa shape index (κ1) is 23.4. The van der Waals surface area contributed by atoms with Crippen molar-refractivity contribution in [3.63, 3.8) is 0 Å². The second-order valence-electron chi connectivity index (χ2n) is 7.98. The quantitative estimate of drug-likeness (QED) is 0.173. The largest absolute Gasteiger partial charge is 0.492 e. The van der Waals surface area contributed by atoms with Crippen molar-refractivity contribution in [2.24, 2.45) is 0 Å². The molecule has 0 radical (unpaired) electrons. The lowest BCUT2D eigenvalue weighted by Gasteiger charge is -2.13. The number of thioether (sulfide) groups is 1. The summed E-state index contributed by atoms with van der Waals surface area (Å²) in [6.45, 7) is 0.381. The highest BCUT2D eigenvalue weighted by atomic mass is 32.2. The van der Waals surface area contributed by atoms with E-state index in [0.717, 1.165) is 22.5 Å². The Hall–Kier alpha value is -4.36. The average Bonchev–Trinajstić information content (AvgIpc) is 3.17. The third kappa shape index (κ3) is 5.16. The molecule has 4 aromatic rings.